The summed E-state index contributed by atoms with van der Waals surface area (Å²) in [6.07, 6.45) is 6.80. The number of hydrogen-bond donors (Lipinski definition) is 1. The van der Waals surface area contributed by atoms with Crippen LogP contribution in [0.2, 0.25) is 0 Å². The van der Waals surface area contributed by atoms with Gasteiger partial charge in [-0.3, -0.25) is 9.59 Å². The zero-order valence-electron chi connectivity index (χ0n) is 12.7. The van der Waals surface area contributed by atoms with Crippen molar-refractivity contribution in [3.63, 3.8) is 0 Å². The van der Waals surface area contributed by atoms with E-state index in [9.17, 15) is 9.59 Å². The topological polar surface area (TPSA) is 60.9 Å². The number of amides is 2. The second-order valence-electron chi connectivity index (χ2n) is 6.84. The molecule has 3 rings (SSSR count). The Labute approximate surface area is 126 Å². The Morgan fingerprint density at radius 3 is 2.67 bits per heavy atom. The van der Waals surface area contributed by atoms with Crippen LogP contribution in [-0.4, -0.2) is 59.0 Å². The molecule has 0 aromatic rings. The Hall–Kier alpha value is -1.10. The summed E-state index contributed by atoms with van der Waals surface area (Å²) in [4.78, 5) is 28.7. The van der Waals surface area contributed by atoms with Gasteiger partial charge in [0.2, 0.25) is 11.8 Å². The predicted molar refractivity (Wildman–Crippen MR) is 78.5 cm³/mol. The highest BCUT2D eigenvalue weighted by atomic mass is 16.3. The number of aliphatic hydroxyl groups is 1. The molecule has 2 heterocycles. The number of rotatable bonds is 4. The first-order valence-electron chi connectivity index (χ1n) is 8.38. The van der Waals surface area contributed by atoms with Crippen LogP contribution in [0.25, 0.3) is 0 Å². The van der Waals surface area contributed by atoms with E-state index in [2.05, 4.69) is 0 Å². The maximum atomic E-state index is 12.6. The van der Waals surface area contributed by atoms with E-state index in [1.165, 1.54) is 12.8 Å². The quantitative estimate of drug-likeness (QED) is 0.842. The lowest BCUT2D eigenvalue weighted by atomic mass is 10.1. The fourth-order valence-corrected chi connectivity index (χ4v) is 4.18. The summed E-state index contributed by atoms with van der Waals surface area (Å²) in [6, 6.07) is 0.385. The lowest BCUT2D eigenvalue weighted by Crippen LogP contribution is -2.38. The van der Waals surface area contributed by atoms with Gasteiger partial charge in [-0.1, -0.05) is 12.8 Å². The highest BCUT2D eigenvalue weighted by Gasteiger charge is 2.41. The zero-order valence-corrected chi connectivity index (χ0v) is 12.7. The van der Waals surface area contributed by atoms with Crippen LogP contribution in [0.15, 0.2) is 0 Å². The molecule has 2 saturated heterocycles. The molecule has 2 atom stereocenters. The average Bonchev–Trinajstić information content (AvgIpc) is 3.17. The molecular formula is C16H26N2O3. The van der Waals surface area contributed by atoms with E-state index < -0.39 is 0 Å². The molecule has 0 aromatic carbocycles. The monoisotopic (exact) mass is 294 g/mol. The lowest BCUT2D eigenvalue weighted by molar-refractivity contribution is -0.135. The highest BCUT2D eigenvalue weighted by Crippen LogP contribution is 2.31. The van der Waals surface area contributed by atoms with Crippen molar-refractivity contribution in [1.29, 1.82) is 0 Å². The molecule has 118 valence electrons. The molecule has 1 saturated carbocycles. The molecule has 0 bridgehead atoms. The van der Waals surface area contributed by atoms with Gasteiger partial charge in [-0.2, -0.15) is 0 Å². The van der Waals surface area contributed by atoms with E-state index in [0.29, 0.717) is 24.9 Å². The summed E-state index contributed by atoms with van der Waals surface area (Å²) in [6.45, 7) is 2.37. The summed E-state index contributed by atoms with van der Waals surface area (Å²) in [5, 5.41) is 9.00. The van der Waals surface area contributed by atoms with Gasteiger partial charge in [0.15, 0.2) is 0 Å². The number of hydrogen-bond acceptors (Lipinski definition) is 3. The second kappa shape index (κ2) is 6.34. The second-order valence-corrected chi connectivity index (χ2v) is 6.84. The molecule has 0 aromatic heterocycles. The molecule has 2 amide bonds. The Balaban J connectivity index is 1.55. The molecular weight excluding hydrogens is 268 g/mol. The van der Waals surface area contributed by atoms with Gasteiger partial charge in [-0.25, -0.2) is 0 Å². The number of carbonyl (C=O) groups excluding carboxylic acids is 2. The number of carbonyl (C=O) groups is 2. The summed E-state index contributed by atoms with van der Waals surface area (Å²) < 4.78 is 0. The first-order chi connectivity index (χ1) is 10.2. The summed E-state index contributed by atoms with van der Waals surface area (Å²) in [7, 11) is 0. The Morgan fingerprint density at radius 1 is 1.19 bits per heavy atom. The van der Waals surface area contributed by atoms with E-state index in [-0.39, 0.29) is 24.3 Å². The first-order valence-corrected chi connectivity index (χ1v) is 8.38. The van der Waals surface area contributed by atoms with Crippen LogP contribution in [0.5, 0.6) is 0 Å². The van der Waals surface area contributed by atoms with Crippen molar-refractivity contribution in [1.82, 2.24) is 9.80 Å². The molecule has 1 N–H and O–H groups in total. The normalized spacial score (nSPS) is 30.6. The van der Waals surface area contributed by atoms with Gasteiger partial charge in [0, 0.05) is 38.7 Å². The Bertz CT molecular complexity index is 406. The fourth-order valence-electron chi connectivity index (χ4n) is 4.18. The van der Waals surface area contributed by atoms with Crippen molar-refractivity contribution >= 4 is 11.8 Å². The van der Waals surface area contributed by atoms with Crippen LogP contribution in [0, 0.1) is 11.8 Å². The van der Waals surface area contributed by atoms with E-state index in [1.54, 1.807) is 0 Å². The third-order valence-corrected chi connectivity index (χ3v) is 5.41. The van der Waals surface area contributed by atoms with Crippen molar-refractivity contribution in [3.8, 4) is 0 Å². The van der Waals surface area contributed by atoms with E-state index in [4.69, 9.17) is 5.11 Å². The Morgan fingerprint density at radius 2 is 1.95 bits per heavy atom. The van der Waals surface area contributed by atoms with Crippen molar-refractivity contribution < 1.29 is 14.7 Å². The molecule has 2 aliphatic heterocycles. The van der Waals surface area contributed by atoms with Crippen molar-refractivity contribution in [2.24, 2.45) is 11.8 Å². The molecule has 5 nitrogen and oxygen atoms in total. The largest absolute Gasteiger partial charge is 0.396 e. The summed E-state index contributed by atoms with van der Waals surface area (Å²) >= 11 is 0. The minimum absolute atomic E-state index is 0.133. The van der Waals surface area contributed by atoms with Gasteiger partial charge >= 0.3 is 0 Å². The predicted octanol–water partition coefficient (Wildman–Crippen LogP) is 1.01. The number of likely N-dealkylation sites (tertiary alicyclic amines) is 2. The van der Waals surface area contributed by atoms with E-state index >= 15 is 0 Å². The lowest BCUT2D eigenvalue weighted by Gasteiger charge is -2.25. The zero-order chi connectivity index (χ0) is 14.8. The maximum absolute atomic E-state index is 12.6. The van der Waals surface area contributed by atoms with Crippen LogP contribution in [0.3, 0.4) is 0 Å². The molecule has 0 radical (unpaired) electrons. The van der Waals surface area contributed by atoms with Crippen LogP contribution in [-0.2, 0) is 9.59 Å². The summed E-state index contributed by atoms with van der Waals surface area (Å²) in [5.41, 5.74) is 0. The van der Waals surface area contributed by atoms with Gasteiger partial charge in [-0.05, 0) is 31.6 Å². The molecule has 1 aliphatic carbocycles. The number of nitrogens with zero attached hydrogens (tertiary/aromatic N) is 2. The SMILES string of the molecule is O=C(C1CC(=O)N(C2CCCC2)C1)N1CCC(CCO)C1. The van der Waals surface area contributed by atoms with Crippen molar-refractivity contribution in [3.05, 3.63) is 0 Å². The molecule has 21 heavy (non-hydrogen) atoms. The first kappa shape index (κ1) is 14.8. The van der Waals surface area contributed by atoms with Gasteiger partial charge < -0.3 is 14.9 Å². The molecule has 0 spiro atoms. The fraction of sp³-hybridized carbons (Fsp3) is 0.875. The molecule has 3 aliphatic rings. The average molecular weight is 294 g/mol. The van der Waals surface area contributed by atoms with Gasteiger partial charge in [0.05, 0.1) is 5.92 Å². The number of aliphatic hydroxyl groups excluding tert-OH is 1. The van der Waals surface area contributed by atoms with Crippen LogP contribution < -0.4 is 0 Å². The Kier molecular flexibility index (Phi) is 4.48. The van der Waals surface area contributed by atoms with Gasteiger partial charge in [0.1, 0.15) is 0 Å². The van der Waals surface area contributed by atoms with Crippen molar-refractivity contribution in [2.75, 3.05) is 26.2 Å². The van der Waals surface area contributed by atoms with Gasteiger partial charge in [-0.15, -0.1) is 0 Å². The van der Waals surface area contributed by atoms with Crippen LogP contribution >= 0.6 is 0 Å². The standard InChI is InChI=1S/C16H26N2O3/c19-8-6-12-5-7-17(10-12)16(21)13-9-15(20)18(11-13)14-3-1-2-4-14/h12-14,19H,1-11H2. The minimum Gasteiger partial charge on any atom is -0.396 e. The highest BCUT2D eigenvalue weighted by molar-refractivity contribution is 5.89. The van der Waals surface area contributed by atoms with Gasteiger partial charge in [0.25, 0.3) is 0 Å². The summed E-state index contributed by atoms with van der Waals surface area (Å²) in [5.74, 6) is 0.628. The van der Waals surface area contributed by atoms with E-state index in [0.717, 1.165) is 38.8 Å². The third kappa shape index (κ3) is 3.07. The van der Waals surface area contributed by atoms with Crippen molar-refractivity contribution in [2.45, 2.75) is 51.0 Å². The molecule has 2 unspecified atom stereocenters. The smallest absolute Gasteiger partial charge is 0.228 e. The van der Waals surface area contributed by atoms with Crippen LogP contribution in [0.1, 0.15) is 44.9 Å². The minimum atomic E-state index is -0.133. The maximum Gasteiger partial charge on any atom is 0.228 e. The molecule has 5 heteroatoms. The molecule has 3 fully saturated rings. The van der Waals surface area contributed by atoms with E-state index in [1.807, 2.05) is 9.80 Å². The van der Waals surface area contributed by atoms with Crippen LogP contribution in [0.4, 0.5) is 0 Å². The third-order valence-electron chi connectivity index (χ3n) is 5.41.